The maximum atomic E-state index is 12.6. The highest BCUT2D eigenvalue weighted by molar-refractivity contribution is 6.04. The van der Waals surface area contributed by atoms with Gasteiger partial charge < -0.3 is 9.47 Å². The number of benzene rings is 1. The highest BCUT2D eigenvalue weighted by Crippen LogP contribution is 2.32. The van der Waals surface area contributed by atoms with E-state index in [1.807, 2.05) is 0 Å². The molecule has 0 radical (unpaired) electrons. The Morgan fingerprint density at radius 2 is 1.65 bits per heavy atom. The van der Waals surface area contributed by atoms with Crippen molar-refractivity contribution in [2.45, 2.75) is 33.1 Å². The van der Waals surface area contributed by atoms with Gasteiger partial charge in [0, 0.05) is 18.4 Å². The monoisotopic (exact) mass is 360 g/mol. The third-order valence-corrected chi connectivity index (χ3v) is 3.89. The van der Waals surface area contributed by atoms with E-state index in [1.54, 1.807) is 38.1 Å². The molecule has 1 aromatic carbocycles. The molecular weight excluding hydrogens is 336 g/mol. The van der Waals surface area contributed by atoms with E-state index in [-0.39, 0.29) is 38.3 Å². The molecule has 0 aliphatic heterocycles. The number of hydrogen-bond acceptors (Lipinski definition) is 6. The van der Waals surface area contributed by atoms with Gasteiger partial charge >= 0.3 is 11.9 Å². The number of carbonyl (C=O) groups excluding carboxylic acids is 4. The molecule has 0 spiro atoms. The zero-order chi connectivity index (χ0) is 19.6. The van der Waals surface area contributed by atoms with Crippen molar-refractivity contribution >= 4 is 24.0 Å². The standard InChI is InChI=1S/C20H24O6/c1-4-11-20(18(23)25-5-2,19(24)26-6-3)13-17(22)12-15-9-7-8-10-16(15)14-21/h4,7-10,14H,1,5-6,11-13H2,2-3H3. The van der Waals surface area contributed by atoms with Crippen LogP contribution in [0.4, 0.5) is 0 Å². The zero-order valence-corrected chi connectivity index (χ0v) is 15.2. The van der Waals surface area contributed by atoms with E-state index in [4.69, 9.17) is 9.47 Å². The molecule has 0 aromatic heterocycles. The van der Waals surface area contributed by atoms with E-state index < -0.39 is 17.4 Å². The third-order valence-electron chi connectivity index (χ3n) is 3.89. The first-order valence-electron chi connectivity index (χ1n) is 8.45. The van der Waals surface area contributed by atoms with Crippen LogP contribution in [-0.4, -0.2) is 37.2 Å². The quantitative estimate of drug-likeness (QED) is 0.261. The first-order valence-corrected chi connectivity index (χ1v) is 8.45. The molecule has 0 unspecified atom stereocenters. The van der Waals surface area contributed by atoms with Crippen LogP contribution in [0.25, 0.3) is 0 Å². The van der Waals surface area contributed by atoms with Crippen molar-refractivity contribution in [1.82, 2.24) is 0 Å². The number of ether oxygens (including phenoxy) is 2. The summed E-state index contributed by atoms with van der Waals surface area (Å²) in [7, 11) is 0. The smallest absolute Gasteiger partial charge is 0.324 e. The van der Waals surface area contributed by atoms with Gasteiger partial charge in [-0.05, 0) is 25.8 Å². The molecule has 1 aromatic rings. The van der Waals surface area contributed by atoms with Gasteiger partial charge in [0.25, 0.3) is 0 Å². The van der Waals surface area contributed by atoms with Gasteiger partial charge in [0.05, 0.1) is 13.2 Å². The summed E-state index contributed by atoms with van der Waals surface area (Å²) in [5.41, 5.74) is -0.837. The van der Waals surface area contributed by atoms with Crippen LogP contribution >= 0.6 is 0 Å². The topological polar surface area (TPSA) is 86.7 Å². The second kappa shape index (κ2) is 10.3. The predicted molar refractivity (Wildman–Crippen MR) is 95.7 cm³/mol. The fourth-order valence-electron chi connectivity index (χ4n) is 2.67. The van der Waals surface area contributed by atoms with Gasteiger partial charge in [0.15, 0.2) is 5.41 Å². The molecule has 26 heavy (non-hydrogen) atoms. The lowest BCUT2D eigenvalue weighted by atomic mass is 9.78. The number of aldehydes is 1. The van der Waals surface area contributed by atoms with E-state index in [1.165, 1.54) is 6.08 Å². The molecule has 0 saturated carbocycles. The van der Waals surface area contributed by atoms with Crippen molar-refractivity contribution in [2.75, 3.05) is 13.2 Å². The summed E-state index contributed by atoms with van der Waals surface area (Å²) in [6.45, 7) is 6.94. The molecular formula is C20H24O6. The Bertz CT molecular complexity index is 659. The average Bonchev–Trinajstić information content (AvgIpc) is 2.62. The maximum absolute atomic E-state index is 12.6. The van der Waals surface area contributed by atoms with E-state index in [2.05, 4.69) is 6.58 Å². The molecule has 0 heterocycles. The van der Waals surface area contributed by atoms with Crippen LogP contribution < -0.4 is 0 Å². The molecule has 6 nitrogen and oxygen atoms in total. The second-order valence-corrected chi connectivity index (χ2v) is 5.72. The molecule has 0 fully saturated rings. The Morgan fingerprint density at radius 1 is 1.08 bits per heavy atom. The summed E-state index contributed by atoms with van der Waals surface area (Å²) in [5, 5.41) is 0. The zero-order valence-electron chi connectivity index (χ0n) is 15.2. The molecule has 6 heteroatoms. The molecule has 0 amide bonds. The SMILES string of the molecule is C=CCC(CC(=O)Cc1ccccc1C=O)(C(=O)OCC)C(=O)OCC. The molecule has 0 N–H and O–H groups in total. The van der Waals surface area contributed by atoms with Crippen LogP contribution in [-0.2, 0) is 30.3 Å². The van der Waals surface area contributed by atoms with E-state index >= 15 is 0 Å². The lowest BCUT2D eigenvalue weighted by molar-refractivity contribution is -0.173. The number of rotatable bonds is 11. The van der Waals surface area contributed by atoms with Gasteiger partial charge in [-0.15, -0.1) is 6.58 Å². The lowest BCUT2D eigenvalue weighted by Gasteiger charge is -2.27. The fraction of sp³-hybridized carbons (Fsp3) is 0.400. The van der Waals surface area contributed by atoms with Crippen molar-refractivity contribution in [3.8, 4) is 0 Å². The molecule has 0 aliphatic carbocycles. The molecule has 0 saturated heterocycles. The number of hydrogen-bond donors (Lipinski definition) is 0. The van der Waals surface area contributed by atoms with Gasteiger partial charge in [-0.1, -0.05) is 30.3 Å². The largest absolute Gasteiger partial charge is 0.465 e. The van der Waals surface area contributed by atoms with Crippen molar-refractivity contribution < 1.29 is 28.7 Å². The number of esters is 2. The maximum Gasteiger partial charge on any atom is 0.324 e. The number of ketones is 1. The van der Waals surface area contributed by atoms with Gasteiger partial charge in [-0.2, -0.15) is 0 Å². The van der Waals surface area contributed by atoms with E-state index in [0.717, 1.165) is 0 Å². The third kappa shape index (κ3) is 5.12. The number of carbonyl (C=O) groups is 4. The van der Waals surface area contributed by atoms with E-state index in [9.17, 15) is 19.2 Å². The van der Waals surface area contributed by atoms with Crippen LogP contribution in [0.1, 0.15) is 42.6 Å². The number of Topliss-reactive ketones (excluding diaryl/α,β-unsaturated/α-hetero) is 1. The highest BCUT2D eigenvalue weighted by Gasteiger charge is 2.49. The van der Waals surface area contributed by atoms with E-state index in [0.29, 0.717) is 17.4 Å². The van der Waals surface area contributed by atoms with Crippen molar-refractivity contribution in [1.29, 1.82) is 0 Å². The minimum atomic E-state index is -1.76. The Kier molecular flexibility index (Phi) is 8.42. The molecule has 0 atom stereocenters. The van der Waals surface area contributed by atoms with Crippen molar-refractivity contribution in [3.05, 3.63) is 48.0 Å². The summed E-state index contributed by atoms with van der Waals surface area (Å²) in [4.78, 5) is 48.7. The molecule has 140 valence electrons. The lowest BCUT2D eigenvalue weighted by Crippen LogP contribution is -2.43. The first kappa shape index (κ1) is 21.3. The summed E-state index contributed by atoms with van der Waals surface area (Å²) in [5.74, 6) is -1.99. The van der Waals surface area contributed by atoms with Crippen molar-refractivity contribution in [2.24, 2.45) is 5.41 Å². The molecule has 0 bridgehead atoms. The Morgan fingerprint density at radius 3 is 2.15 bits per heavy atom. The second-order valence-electron chi connectivity index (χ2n) is 5.72. The van der Waals surface area contributed by atoms with Gasteiger partial charge in [0.1, 0.15) is 12.1 Å². The minimum absolute atomic E-state index is 0.0687. The van der Waals surface area contributed by atoms with Crippen LogP contribution in [0.2, 0.25) is 0 Å². The summed E-state index contributed by atoms with van der Waals surface area (Å²) in [6.07, 6.45) is 1.51. The van der Waals surface area contributed by atoms with Gasteiger partial charge in [0.2, 0.25) is 0 Å². The molecule has 1 rings (SSSR count). The Balaban J connectivity index is 3.15. The predicted octanol–water partition coefficient (Wildman–Crippen LogP) is 2.69. The van der Waals surface area contributed by atoms with Crippen LogP contribution in [0.5, 0.6) is 0 Å². The van der Waals surface area contributed by atoms with Crippen LogP contribution in [0.15, 0.2) is 36.9 Å². The summed E-state index contributed by atoms with van der Waals surface area (Å²) < 4.78 is 10.1. The van der Waals surface area contributed by atoms with Crippen LogP contribution in [0, 0.1) is 5.41 Å². The Labute approximate surface area is 153 Å². The molecule has 0 aliphatic rings. The van der Waals surface area contributed by atoms with Crippen molar-refractivity contribution in [3.63, 3.8) is 0 Å². The highest BCUT2D eigenvalue weighted by atomic mass is 16.6. The normalized spacial score (nSPS) is 10.7. The first-order chi connectivity index (χ1) is 12.4. The van der Waals surface area contributed by atoms with Gasteiger partial charge in [-0.3, -0.25) is 19.2 Å². The number of allylic oxidation sites excluding steroid dienone is 1. The van der Waals surface area contributed by atoms with Gasteiger partial charge in [-0.25, -0.2) is 0 Å². The summed E-state index contributed by atoms with van der Waals surface area (Å²) in [6, 6.07) is 6.66. The average molecular weight is 360 g/mol. The Hall–Kier alpha value is -2.76. The fourth-order valence-corrected chi connectivity index (χ4v) is 2.67. The summed E-state index contributed by atoms with van der Waals surface area (Å²) >= 11 is 0. The minimum Gasteiger partial charge on any atom is -0.465 e. The van der Waals surface area contributed by atoms with Crippen LogP contribution in [0.3, 0.4) is 0 Å².